The maximum atomic E-state index is 12.9. The van der Waals surface area contributed by atoms with E-state index in [1.165, 1.54) is 193 Å². The number of unbranched alkanes of at least 4 members (excludes halogenated alkanes) is 41. The van der Waals surface area contributed by atoms with Gasteiger partial charge >= 0.3 is 25.7 Å². The molecule has 3 atom stereocenters. The van der Waals surface area contributed by atoms with E-state index in [0.717, 1.165) is 77.0 Å². The standard InChI is InChI=1S/C62H119O11P/c1-4-7-10-13-16-19-22-25-27-28-29-30-32-35-38-41-44-47-50-53-62(66)73-59(55-69-60(64)51-48-45-42-39-36-33-24-21-18-15-12-9-6-3)57-71-74(67,68)70-56-58(54-63)72-61(65)52-49-46-43-40-37-34-31-26-23-20-17-14-11-8-5-2/h21,24,58-59,63H,4-20,22-23,25-57H2,1-3H3,(H,67,68)/b24-21-. The Morgan fingerprint density at radius 3 is 0.946 bits per heavy atom. The van der Waals surface area contributed by atoms with Gasteiger partial charge in [-0.25, -0.2) is 4.57 Å². The highest BCUT2D eigenvalue weighted by molar-refractivity contribution is 7.47. The molecular formula is C62H119O11P. The third kappa shape index (κ3) is 55.0. The molecule has 0 heterocycles. The number of rotatable bonds is 60. The lowest BCUT2D eigenvalue weighted by Gasteiger charge is -2.21. The number of allylic oxidation sites excluding steroid dienone is 2. The van der Waals surface area contributed by atoms with Crippen LogP contribution < -0.4 is 0 Å². The molecule has 0 fully saturated rings. The van der Waals surface area contributed by atoms with Crippen molar-refractivity contribution in [2.24, 2.45) is 0 Å². The van der Waals surface area contributed by atoms with Gasteiger partial charge in [-0.15, -0.1) is 0 Å². The van der Waals surface area contributed by atoms with Crippen LogP contribution in [0.15, 0.2) is 12.2 Å². The zero-order valence-corrected chi connectivity index (χ0v) is 49.5. The highest BCUT2D eigenvalue weighted by Crippen LogP contribution is 2.43. The van der Waals surface area contributed by atoms with Gasteiger partial charge < -0.3 is 24.2 Å². The van der Waals surface area contributed by atoms with Gasteiger partial charge in [0.25, 0.3) is 0 Å². The summed E-state index contributed by atoms with van der Waals surface area (Å²) in [5.74, 6) is -1.44. The van der Waals surface area contributed by atoms with Crippen LogP contribution in [0, 0.1) is 0 Å². The van der Waals surface area contributed by atoms with Crippen LogP contribution in [0.2, 0.25) is 0 Å². The molecule has 0 amide bonds. The second-order valence-corrected chi connectivity index (χ2v) is 23.0. The minimum absolute atomic E-state index is 0.175. The van der Waals surface area contributed by atoms with Gasteiger partial charge in [-0.1, -0.05) is 277 Å². The summed E-state index contributed by atoms with van der Waals surface area (Å²) in [6, 6.07) is 0. The number of hydrogen-bond acceptors (Lipinski definition) is 10. The van der Waals surface area contributed by atoms with Crippen LogP contribution in [-0.4, -0.2) is 66.5 Å². The highest BCUT2D eigenvalue weighted by Gasteiger charge is 2.28. The average molecular weight is 1070 g/mol. The van der Waals surface area contributed by atoms with Crippen LogP contribution in [-0.2, 0) is 42.2 Å². The summed E-state index contributed by atoms with van der Waals surface area (Å²) in [6.07, 6.45) is 57.3. The maximum Gasteiger partial charge on any atom is 0.472 e. The molecule has 0 aromatic carbocycles. The van der Waals surface area contributed by atoms with Gasteiger partial charge in [-0.2, -0.15) is 0 Å². The molecule has 0 aromatic rings. The van der Waals surface area contributed by atoms with E-state index < -0.39 is 57.8 Å². The summed E-state index contributed by atoms with van der Waals surface area (Å²) >= 11 is 0. The Balaban J connectivity index is 4.62. The number of aliphatic hydroxyl groups is 1. The van der Waals surface area contributed by atoms with Crippen molar-refractivity contribution in [3.63, 3.8) is 0 Å². The van der Waals surface area contributed by atoms with Crippen molar-refractivity contribution in [1.29, 1.82) is 0 Å². The van der Waals surface area contributed by atoms with E-state index in [1.54, 1.807) is 0 Å². The summed E-state index contributed by atoms with van der Waals surface area (Å²) in [6.45, 7) is 4.70. The van der Waals surface area contributed by atoms with Crippen LogP contribution in [0.1, 0.15) is 329 Å². The fourth-order valence-electron chi connectivity index (χ4n) is 9.35. The van der Waals surface area contributed by atoms with Crippen molar-refractivity contribution in [3.8, 4) is 0 Å². The fraction of sp³-hybridized carbons (Fsp3) is 0.919. The number of carbonyl (C=O) groups is 3. The molecule has 2 N–H and O–H groups in total. The molecule has 0 aliphatic carbocycles. The first-order chi connectivity index (χ1) is 36.2. The maximum absolute atomic E-state index is 12.9. The summed E-state index contributed by atoms with van der Waals surface area (Å²) in [4.78, 5) is 48.6. The zero-order chi connectivity index (χ0) is 54.1. The van der Waals surface area contributed by atoms with E-state index in [2.05, 4.69) is 32.9 Å². The Morgan fingerprint density at radius 1 is 0.365 bits per heavy atom. The smallest absolute Gasteiger partial charge is 0.462 e. The van der Waals surface area contributed by atoms with Gasteiger partial charge in [0.1, 0.15) is 12.7 Å². The molecule has 438 valence electrons. The molecule has 3 unspecified atom stereocenters. The van der Waals surface area contributed by atoms with Gasteiger partial charge in [0.2, 0.25) is 0 Å². The topological polar surface area (TPSA) is 155 Å². The van der Waals surface area contributed by atoms with Gasteiger partial charge in [0, 0.05) is 19.3 Å². The second kappa shape index (κ2) is 57.4. The van der Waals surface area contributed by atoms with Crippen LogP contribution in [0.3, 0.4) is 0 Å². The Kier molecular flexibility index (Phi) is 56.0. The predicted octanol–water partition coefficient (Wildman–Crippen LogP) is 18.8. The zero-order valence-electron chi connectivity index (χ0n) is 48.6. The number of esters is 3. The van der Waals surface area contributed by atoms with Crippen molar-refractivity contribution in [2.75, 3.05) is 26.4 Å². The quantitative estimate of drug-likeness (QED) is 0.0197. The molecule has 0 saturated heterocycles. The average Bonchev–Trinajstić information content (AvgIpc) is 3.39. The lowest BCUT2D eigenvalue weighted by Crippen LogP contribution is -2.30. The molecule has 12 heteroatoms. The van der Waals surface area contributed by atoms with E-state index in [-0.39, 0.29) is 25.9 Å². The molecule has 0 aliphatic heterocycles. The molecule has 0 rings (SSSR count). The second-order valence-electron chi connectivity index (χ2n) is 21.6. The normalized spacial score (nSPS) is 13.3. The van der Waals surface area contributed by atoms with Crippen molar-refractivity contribution < 1.29 is 52.2 Å². The molecule has 0 aromatic heterocycles. The monoisotopic (exact) mass is 1070 g/mol. The summed E-state index contributed by atoms with van der Waals surface area (Å²) in [5, 5.41) is 9.83. The number of carbonyl (C=O) groups excluding carboxylic acids is 3. The first kappa shape index (κ1) is 72.2. The van der Waals surface area contributed by atoms with E-state index in [0.29, 0.717) is 19.3 Å². The first-order valence-corrected chi connectivity index (χ1v) is 33.1. The van der Waals surface area contributed by atoms with Crippen LogP contribution in [0.25, 0.3) is 0 Å². The molecule has 74 heavy (non-hydrogen) atoms. The Bertz CT molecular complexity index is 1290. The SMILES string of the molecule is CCCCCC/C=C\CCCCCCCC(=O)OCC(COP(=O)(O)OCC(CO)OC(=O)CCCCCCCCCCCCCCCCC)OC(=O)CCCCCCCCCCCCCCCCCCCCC. The van der Waals surface area contributed by atoms with E-state index in [1.807, 2.05) is 0 Å². The summed E-state index contributed by atoms with van der Waals surface area (Å²) in [7, 11) is -4.74. The fourth-order valence-corrected chi connectivity index (χ4v) is 10.1. The molecule has 0 bridgehead atoms. The Morgan fingerprint density at radius 2 is 0.622 bits per heavy atom. The number of phosphoric acid groups is 1. The van der Waals surface area contributed by atoms with Crippen molar-refractivity contribution >= 4 is 25.7 Å². The lowest BCUT2D eigenvalue weighted by molar-refractivity contribution is -0.161. The largest absolute Gasteiger partial charge is 0.472 e. The molecule has 0 radical (unpaired) electrons. The first-order valence-electron chi connectivity index (χ1n) is 31.6. The Labute approximate surface area is 456 Å². The van der Waals surface area contributed by atoms with Crippen LogP contribution in [0.5, 0.6) is 0 Å². The molecule has 0 aliphatic rings. The van der Waals surface area contributed by atoms with Gasteiger partial charge in [-0.3, -0.25) is 23.4 Å². The molecule has 11 nitrogen and oxygen atoms in total. The third-order valence-corrected chi connectivity index (χ3v) is 15.1. The van der Waals surface area contributed by atoms with E-state index in [9.17, 15) is 28.9 Å². The molecule has 0 spiro atoms. The van der Waals surface area contributed by atoms with Crippen molar-refractivity contribution in [2.45, 2.75) is 341 Å². The number of ether oxygens (including phenoxy) is 3. The van der Waals surface area contributed by atoms with Crippen LogP contribution >= 0.6 is 7.82 Å². The van der Waals surface area contributed by atoms with E-state index in [4.69, 9.17) is 23.3 Å². The molecular weight excluding hydrogens is 952 g/mol. The third-order valence-electron chi connectivity index (χ3n) is 14.2. The van der Waals surface area contributed by atoms with Crippen molar-refractivity contribution in [3.05, 3.63) is 12.2 Å². The Hall–Kier alpha value is -1.78. The van der Waals surface area contributed by atoms with Gasteiger partial charge in [-0.05, 0) is 44.9 Å². The minimum atomic E-state index is -4.74. The lowest BCUT2D eigenvalue weighted by atomic mass is 10.0. The van der Waals surface area contributed by atoms with Crippen molar-refractivity contribution in [1.82, 2.24) is 0 Å². The van der Waals surface area contributed by atoms with Gasteiger partial charge in [0.15, 0.2) is 6.10 Å². The van der Waals surface area contributed by atoms with Gasteiger partial charge in [0.05, 0.1) is 19.8 Å². The number of aliphatic hydroxyl groups excluding tert-OH is 1. The highest BCUT2D eigenvalue weighted by atomic mass is 31.2. The minimum Gasteiger partial charge on any atom is -0.462 e. The number of phosphoric ester groups is 1. The van der Waals surface area contributed by atoms with E-state index >= 15 is 0 Å². The molecule has 0 saturated carbocycles. The predicted molar refractivity (Wildman–Crippen MR) is 307 cm³/mol. The number of hydrogen-bond donors (Lipinski definition) is 2. The summed E-state index contributed by atoms with van der Waals surface area (Å²) < 4.78 is 39.6. The summed E-state index contributed by atoms with van der Waals surface area (Å²) in [5.41, 5.74) is 0. The van der Waals surface area contributed by atoms with Crippen LogP contribution in [0.4, 0.5) is 0 Å².